The first-order valence-corrected chi connectivity index (χ1v) is 10.0. The summed E-state index contributed by atoms with van der Waals surface area (Å²) in [5, 5.41) is 0. The monoisotopic (exact) mass is 371 g/mol. The average molecular weight is 371 g/mol. The fraction of sp³-hybridized carbons (Fsp3) is 0.316. The molecule has 7 heteroatoms. The molecule has 1 aromatic heterocycles. The van der Waals surface area contributed by atoms with Gasteiger partial charge in [0.15, 0.2) is 0 Å². The number of fused-ring (bicyclic) bond motifs is 1. The molecule has 26 heavy (non-hydrogen) atoms. The van der Waals surface area contributed by atoms with Crippen LogP contribution in [0.5, 0.6) is 0 Å². The Bertz CT molecular complexity index is 1140. The van der Waals surface area contributed by atoms with E-state index in [-0.39, 0.29) is 16.1 Å². The molecule has 136 valence electrons. The molecular weight excluding hydrogens is 350 g/mol. The number of nitrogens with one attached hydrogen (secondary N) is 1. The van der Waals surface area contributed by atoms with Crippen molar-refractivity contribution in [2.24, 2.45) is 7.05 Å². The van der Waals surface area contributed by atoms with Gasteiger partial charge in [-0.3, -0.25) is 9.13 Å². The van der Waals surface area contributed by atoms with Gasteiger partial charge in [-0.25, -0.2) is 17.9 Å². The lowest BCUT2D eigenvalue weighted by atomic mass is 10.2. The molecule has 0 radical (unpaired) electrons. The number of hydrogen-bond acceptors (Lipinski definition) is 3. The molecule has 2 aromatic carbocycles. The SMILES string of the molecule is Cn1c(=O)n(Cc2ccccc2)c2ccc(S(=O)(=O)NC3(C)CC3)cc21. The van der Waals surface area contributed by atoms with Crippen molar-refractivity contribution >= 4 is 21.1 Å². The van der Waals surface area contributed by atoms with E-state index in [0.717, 1.165) is 23.9 Å². The van der Waals surface area contributed by atoms with Gasteiger partial charge in [-0.15, -0.1) is 0 Å². The van der Waals surface area contributed by atoms with Crippen LogP contribution >= 0.6 is 0 Å². The van der Waals surface area contributed by atoms with Gasteiger partial charge in [0.1, 0.15) is 0 Å². The lowest BCUT2D eigenvalue weighted by Gasteiger charge is -2.12. The minimum atomic E-state index is -3.60. The molecule has 1 saturated carbocycles. The molecule has 1 heterocycles. The fourth-order valence-corrected chi connectivity index (χ4v) is 4.63. The van der Waals surface area contributed by atoms with E-state index in [2.05, 4.69) is 4.72 Å². The number of nitrogens with zero attached hydrogens (tertiary/aromatic N) is 2. The van der Waals surface area contributed by atoms with Crippen LogP contribution in [0.4, 0.5) is 0 Å². The van der Waals surface area contributed by atoms with Crippen LogP contribution in [0.25, 0.3) is 11.0 Å². The summed E-state index contributed by atoms with van der Waals surface area (Å²) >= 11 is 0. The minimum absolute atomic E-state index is 0.166. The Labute approximate surface area is 152 Å². The normalized spacial score (nSPS) is 16.1. The average Bonchev–Trinajstić information content (AvgIpc) is 3.29. The molecule has 0 aliphatic heterocycles. The summed E-state index contributed by atoms with van der Waals surface area (Å²) in [6.45, 7) is 2.34. The molecule has 1 fully saturated rings. The standard InChI is InChI=1S/C19H21N3O3S/c1-19(10-11-19)20-26(24,25)15-8-9-16-17(12-15)21(2)18(23)22(16)13-14-6-4-3-5-7-14/h3-9,12,20H,10-11,13H2,1-2H3. The van der Waals surface area contributed by atoms with Gasteiger partial charge in [-0.1, -0.05) is 30.3 Å². The van der Waals surface area contributed by atoms with Crippen molar-refractivity contribution in [3.05, 3.63) is 64.6 Å². The second kappa shape index (κ2) is 5.82. The number of benzene rings is 2. The largest absolute Gasteiger partial charge is 0.329 e. The lowest BCUT2D eigenvalue weighted by molar-refractivity contribution is 0.558. The Balaban J connectivity index is 1.78. The van der Waals surface area contributed by atoms with Crippen LogP contribution in [-0.2, 0) is 23.6 Å². The van der Waals surface area contributed by atoms with Crippen LogP contribution in [0.3, 0.4) is 0 Å². The van der Waals surface area contributed by atoms with Gasteiger partial charge in [0, 0.05) is 12.6 Å². The predicted molar refractivity (Wildman–Crippen MR) is 101 cm³/mol. The van der Waals surface area contributed by atoms with Crippen LogP contribution in [0.1, 0.15) is 25.3 Å². The number of aryl methyl sites for hydroxylation is 1. The number of hydrogen-bond donors (Lipinski definition) is 1. The molecule has 0 unspecified atom stereocenters. The van der Waals surface area contributed by atoms with Crippen molar-refractivity contribution in [1.82, 2.24) is 13.9 Å². The minimum Gasteiger partial charge on any atom is -0.295 e. The van der Waals surface area contributed by atoms with E-state index in [1.807, 2.05) is 37.3 Å². The summed E-state index contributed by atoms with van der Waals surface area (Å²) in [7, 11) is -1.94. The van der Waals surface area contributed by atoms with E-state index >= 15 is 0 Å². The van der Waals surface area contributed by atoms with Gasteiger partial charge in [-0.2, -0.15) is 0 Å². The zero-order valence-corrected chi connectivity index (χ0v) is 15.6. The van der Waals surface area contributed by atoms with E-state index in [9.17, 15) is 13.2 Å². The highest BCUT2D eigenvalue weighted by Gasteiger charge is 2.41. The topological polar surface area (TPSA) is 73.1 Å². The highest BCUT2D eigenvalue weighted by Crippen LogP contribution is 2.36. The maximum absolute atomic E-state index is 12.7. The van der Waals surface area contributed by atoms with E-state index in [0.29, 0.717) is 12.1 Å². The number of sulfonamides is 1. The molecule has 1 aliphatic carbocycles. The van der Waals surface area contributed by atoms with Crippen molar-refractivity contribution in [3.63, 3.8) is 0 Å². The molecule has 3 aromatic rings. The van der Waals surface area contributed by atoms with Gasteiger partial charge >= 0.3 is 5.69 Å². The Morgan fingerprint density at radius 1 is 1.08 bits per heavy atom. The third-order valence-corrected chi connectivity index (χ3v) is 6.63. The second-order valence-electron chi connectivity index (χ2n) is 7.23. The van der Waals surface area contributed by atoms with E-state index in [1.54, 1.807) is 29.8 Å². The molecule has 1 aliphatic rings. The Hall–Kier alpha value is -2.38. The third kappa shape index (κ3) is 2.97. The summed E-state index contributed by atoms with van der Waals surface area (Å²) in [5.41, 5.74) is 1.84. The molecule has 0 atom stereocenters. The maximum Gasteiger partial charge on any atom is 0.329 e. The van der Waals surface area contributed by atoms with Crippen molar-refractivity contribution in [3.8, 4) is 0 Å². The molecule has 6 nitrogen and oxygen atoms in total. The lowest BCUT2D eigenvalue weighted by Crippen LogP contribution is -2.34. The number of rotatable bonds is 5. The highest BCUT2D eigenvalue weighted by molar-refractivity contribution is 7.89. The number of imidazole rings is 1. The van der Waals surface area contributed by atoms with Crippen LogP contribution in [0.2, 0.25) is 0 Å². The van der Waals surface area contributed by atoms with Gasteiger partial charge in [-0.05, 0) is 43.5 Å². The van der Waals surface area contributed by atoms with Crippen LogP contribution in [-0.4, -0.2) is 23.1 Å². The van der Waals surface area contributed by atoms with Crippen LogP contribution in [0, 0.1) is 0 Å². The Morgan fingerprint density at radius 3 is 2.42 bits per heavy atom. The molecule has 4 rings (SSSR count). The first-order valence-electron chi connectivity index (χ1n) is 8.56. The second-order valence-corrected chi connectivity index (χ2v) is 8.91. The smallest absolute Gasteiger partial charge is 0.295 e. The van der Waals surface area contributed by atoms with E-state index in [1.165, 1.54) is 4.57 Å². The Kier molecular flexibility index (Phi) is 3.82. The molecule has 1 N–H and O–H groups in total. The van der Waals surface area contributed by atoms with Gasteiger partial charge < -0.3 is 0 Å². The molecular formula is C19H21N3O3S. The predicted octanol–water partition coefficient (Wildman–Crippen LogP) is 2.22. The third-order valence-electron chi connectivity index (χ3n) is 4.99. The fourth-order valence-electron chi connectivity index (χ4n) is 3.15. The van der Waals surface area contributed by atoms with Gasteiger partial charge in [0.2, 0.25) is 10.0 Å². The molecule has 0 amide bonds. The van der Waals surface area contributed by atoms with E-state index in [4.69, 9.17) is 0 Å². The first-order chi connectivity index (χ1) is 12.3. The molecule has 0 bridgehead atoms. The summed E-state index contributed by atoms with van der Waals surface area (Å²) in [6.07, 6.45) is 1.70. The van der Waals surface area contributed by atoms with E-state index < -0.39 is 10.0 Å². The van der Waals surface area contributed by atoms with Crippen molar-refractivity contribution < 1.29 is 8.42 Å². The maximum atomic E-state index is 12.7. The number of aromatic nitrogens is 2. The first kappa shape index (κ1) is 17.1. The van der Waals surface area contributed by atoms with Crippen molar-refractivity contribution in [1.29, 1.82) is 0 Å². The summed E-state index contributed by atoms with van der Waals surface area (Å²) in [6, 6.07) is 14.6. The van der Waals surface area contributed by atoms with Crippen LogP contribution < -0.4 is 10.4 Å². The summed E-state index contributed by atoms with van der Waals surface area (Å²) < 4.78 is 31.1. The molecule has 0 spiro atoms. The van der Waals surface area contributed by atoms with Gasteiger partial charge in [0.25, 0.3) is 0 Å². The van der Waals surface area contributed by atoms with Gasteiger partial charge in [0.05, 0.1) is 22.5 Å². The zero-order chi connectivity index (χ0) is 18.5. The quantitative estimate of drug-likeness (QED) is 0.747. The summed E-state index contributed by atoms with van der Waals surface area (Å²) in [5.74, 6) is 0. The Morgan fingerprint density at radius 2 is 1.77 bits per heavy atom. The van der Waals surface area contributed by atoms with Crippen LogP contribution in [0.15, 0.2) is 58.2 Å². The molecule has 0 saturated heterocycles. The van der Waals surface area contributed by atoms with Crippen molar-refractivity contribution in [2.75, 3.05) is 0 Å². The van der Waals surface area contributed by atoms with Crippen molar-refractivity contribution in [2.45, 2.75) is 36.7 Å². The highest BCUT2D eigenvalue weighted by atomic mass is 32.2. The summed E-state index contributed by atoms with van der Waals surface area (Å²) in [4.78, 5) is 12.8. The zero-order valence-electron chi connectivity index (χ0n) is 14.8.